The van der Waals surface area contributed by atoms with Crippen molar-refractivity contribution in [2.45, 2.75) is 52.9 Å². The maximum absolute atomic E-state index is 3.56. The maximum atomic E-state index is 3.56. The van der Waals surface area contributed by atoms with E-state index in [0.29, 0.717) is 0 Å². The van der Waals surface area contributed by atoms with Crippen molar-refractivity contribution in [1.29, 1.82) is 0 Å². The topological polar surface area (TPSA) is 3.24 Å². The number of unbranched alkanes of at least 4 members (excludes halogenated alkanes) is 3. The Morgan fingerprint density at radius 1 is 0.559 bits per heavy atom. The summed E-state index contributed by atoms with van der Waals surface area (Å²) in [4.78, 5) is 2.31. The lowest BCUT2D eigenvalue weighted by Crippen LogP contribution is -2.48. The molecule has 0 unspecified atom stereocenters. The second kappa shape index (κ2) is 13.5. The van der Waals surface area contributed by atoms with E-state index in [1.807, 2.05) is 0 Å². The molecule has 3 aromatic rings. The summed E-state index contributed by atoms with van der Waals surface area (Å²) >= 11 is 7.12. The molecule has 2 nitrogen and oxygen atoms in total. The molecule has 0 heterocycles. The summed E-state index contributed by atoms with van der Waals surface area (Å²) in [6.07, 6.45) is 6.45. The van der Waals surface area contributed by atoms with Crippen LogP contribution in [0.4, 0.5) is 17.1 Å². The minimum atomic E-state index is 1.09. The number of nitrogens with zero attached hydrogens (tertiary/aromatic N) is 2. The molecule has 0 spiro atoms. The first-order valence-electron chi connectivity index (χ1n) is 12.8. The molecule has 3 rings (SSSR count). The van der Waals surface area contributed by atoms with Crippen molar-refractivity contribution < 1.29 is 4.48 Å². The van der Waals surface area contributed by atoms with Crippen LogP contribution in [-0.2, 0) is 6.42 Å². The van der Waals surface area contributed by atoms with E-state index in [0.717, 1.165) is 26.7 Å². The van der Waals surface area contributed by atoms with Gasteiger partial charge in [-0.05, 0) is 113 Å². The van der Waals surface area contributed by atoms with Crippen molar-refractivity contribution >= 4 is 48.9 Å². The predicted octanol–water partition coefficient (Wildman–Crippen LogP) is 9.66. The van der Waals surface area contributed by atoms with Gasteiger partial charge < -0.3 is 9.38 Å². The fraction of sp³-hybridized carbons (Fsp3) is 0.400. The van der Waals surface area contributed by atoms with E-state index in [1.165, 1.54) is 67.6 Å². The Morgan fingerprint density at radius 3 is 1.41 bits per heavy atom. The van der Waals surface area contributed by atoms with Gasteiger partial charge in [-0.1, -0.05) is 50.4 Å². The highest BCUT2D eigenvalue weighted by Crippen LogP contribution is 2.35. The number of benzene rings is 3. The summed E-state index contributed by atoms with van der Waals surface area (Å²) in [6.45, 7) is 12.1. The summed E-state index contributed by atoms with van der Waals surface area (Å²) in [5.74, 6) is 0. The third kappa shape index (κ3) is 7.44. The second-order valence-corrected chi connectivity index (χ2v) is 11.0. The van der Waals surface area contributed by atoms with E-state index >= 15 is 0 Å². The Kier molecular flexibility index (Phi) is 10.7. The van der Waals surface area contributed by atoms with Crippen molar-refractivity contribution in [3.8, 4) is 0 Å². The van der Waals surface area contributed by atoms with Crippen LogP contribution in [0.5, 0.6) is 0 Å². The van der Waals surface area contributed by atoms with Gasteiger partial charge in [-0.25, -0.2) is 0 Å². The van der Waals surface area contributed by atoms with Crippen molar-refractivity contribution in [3.05, 3.63) is 87.3 Å². The molecule has 0 aromatic heterocycles. The van der Waals surface area contributed by atoms with Crippen LogP contribution in [0.2, 0.25) is 0 Å². The largest absolute Gasteiger partial charge is 0.324 e. The minimum absolute atomic E-state index is 1.09. The smallest absolute Gasteiger partial charge is 0.0786 e. The molecule has 0 radical (unpaired) electrons. The first-order valence-corrected chi connectivity index (χ1v) is 14.3. The summed E-state index contributed by atoms with van der Waals surface area (Å²) in [7, 11) is 0. The normalized spacial score (nSPS) is 11.6. The van der Waals surface area contributed by atoms with E-state index in [2.05, 4.69) is 130 Å². The van der Waals surface area contributed by atoms with Gasteiger partial charge in [0.15, 0.2) is 0 Å². The molecule has 0 amide bonds. The van der Waals surface area contributed by atoms with Crippen LogP contribution in [0.1, 0.15) is 52.0 Å². The quantitative estimate of drug-likeness (QED) is 0.142. The highest BCUT2D eigenvalue weighted by atomic mass is 79.9. The first-order chi connectivity index (χ1) is 16.5. The number of rotatable bonds is 13. The Morgan fingerprint density at radius 2 is 0.971 bits per heavy atom. The standard InChI is InChI=1S/C30H39Br2N2/c1-4-34(5-2,6-3)24-10-8-7-9-11-25-12-18-28(19-13-25)33(29-20-14-26(31)15-21-29)30-22-16-27(32)17-23-30/h12-23H,4-11,24H2,1-3H3/q+1. The lowest BCUT2D eigenvalue weighted by molar-refractivity contribution is -0.923. The molecule has 34 heavy (non-hydrogen) atoms. The van der Waals surface area contributed by atoms with Crippen LogP contribution in [0.25, 0.3) is 0 Å². The molecule has 0 N–H and O–H groups in total. The third-order valence-corrected chi connectivity index (χ3v) is 8.28. The minimum Gasteiger partial charge on any atom is -0.324 e. The molecular weight excluding hydrogens is 548 g/mol. The monoisotopic (exact) mass is 585 g/mol. The fourth-order valence-corrected chi connectivity index (χ4v) is 5.24. The van der Waals surface area contributed by atoms with Crippen molar-refractivity contribution in [2.24, 2.45) is 0 Å². The van der Waals surface area contributed by atoms with Crippen LogP contribution in [-0.4, -0.2) is 30.7 Å². The predicted molar refractivity (Wildman–Crippen MR) is 155 cm³/mol. The van der Waals surface area contributed by atoms with Gasteiger partial charge >= 0.3 is 0 Å². The van der Waals surface area contributed by atoms with Gasteiger partial charge in [0.05, 0.1) is 26.2 Å². The Bertz CT molecular complexity index is 924. The summed E-state index contributed by atoms with van der Waals surface area (Å²) in [5.41, 5.74) is 4.91. The van der Waals surface area contributed by atoms with Gasteiger partial charge in [-0.15, -0.1) is 0 Å². The zero-order valence-corrected chi connectivity index (χ0v) is 24.1. The zero-order valence-electron chi connectivity index (χ0n) is 20.9. The molecule has 0 bridgehead atoms. The lowest BCUT2D eigenvalue weighted by atomic mass is 10.0. The molecule has 4 heteroatoms. The molecule has 0 aliphatic rings. The number of hydrogen-bond acceptors (Lipinski definition) is 1. The van der Waals surface area contributed by atoms with E-state index in [-0.39, 0.29) is 0 Å². The molecule has 3 aromatic carbocycles. The molecule has 0 saturated heterocycles. The molecule has 0 aliphatic carbocycles. The molecule has 0 atom stereocenters. The average Bonchev–Trinajstić information content (AvgIpc) is 2.87. The van der Waals surface area contributed by atoms with E-state index in [4.69, 9.17) is 0 Å². The number of hydrogen-bond donors (Lipinski definition) is 0. The average molecular weight is 587 g/mol. The Labute approximate surface area is 223 Å². The Hall–Kier alpha value is -1.62. The Balaban J connectivity index is 1.60. The second-order valence-electron chi connectivity index (χ2n) is 9.13. The highest BCUT2D eigenvalue weighted by Gasteiger charge is 2.19. The van der Waals surface area contributed by atoms with Crippen LogP contribution in [0, 0.1) is 0 Å². The maximum Gasteiger partial charge on any atom is 0.0786 e. The number of aryl methyl sites for hydroxylation is 1. The summed E-state index contributed by atoms with van der Waals surface area (Å²) < 4.78 is 3.45. The zero-order chi connectivity index (χ0) is 24.4. The molecular formula is C30H39Br2N2+. The van der Waals surface area contributed by atoms with Gasteiger partial charge in [0.2, 0.25) is 0 Å². The molecule has 0 fully saturated rings. The van der Waals surface area contributed by atoms with Gasteiger partial charge in [-0.2, -0.15) is 0 Å². The lowest BCUT2D eigenvalue weighted by Gasteiger charge is -2.35. The van der Waals surface area contributed by atoms with Gasteiger partial charge in [-0.3, -0.25) is 0 Å². The van der Waals surface area contributed by atoms with Gasteiger partial charge in [0, 0.05) is 26.0 Å². The number of anilines is 3. The number of halogens is 2. The fourth-order valence-electron chi connectivity index (χ4n) is 4.71. The van der Waals surface area contributed by atoms with Crippen molar-refractivity contribution in [1.82, 2.24) is 0 Å². The summed E-state index contributed by atoms with van der Waals surface area (Å²) in [5, 5.41) is 0. The first kappa shape index (κ1) is 27.0. The number of quaternary nitrogens is 1. The van der Waals surface area contributed by atoms with Crippen LogP contribution in [0.3, 0.4) is 0 Å². The molecule has 0 aliphatic heterocycles. The van der Waals surface area contributed by atoms with Crippen LogP contribution < -0.4 is 4.90 Å². The van der Waals surface area contributed by atoms with Crippen LogP contribution >= 0.6 is 31.9 Å². The highest BCUT2D eigenvalue weighted by molar-refractivity contribution is 9.10. The van der Waals surface area contributed by atoms with E-state index < -0.39 is 0 Å². The molecule has 0 saturated carbocycles. The summed E-state index contributed by atoms with van der Waals surface area (Å²) in [6, 6.07) is 26.1. The third-order valence-electron chi connectivity index (χ3n) is 7.22. The van der Waals surface area contributed by atoms with Crippen molar-refractivity contribution in [2.75, 3.05) is 31.1 Å². The molecule has 182 valence electrons. The van der Waals surface area contributed by atoms with Crippen LogP contribution in [0.15, 0.2) is 81.7 Å². The SMILES string of the molecule is CC[N+](CC)(CC)CCCCCCc1ccc(N(c2ccc(Br)cc2)c2ccc(Br)cc2)cc1. The van der Waals surface area contributed by atoms with E-state index in [9.17, 15) is 0 Å². The van der Waals surface area contributed by atoms with Gasteiger partial charge in [0.25, 0.3) is 0 Å². The van der Waals surface area contributed by atoms with Crippen molar-refractivity contribution in [3.63, 3.8) is 0 Å². The van der Waals surface area contributed by atoms with Gasteiger partial charge in [0.1, 0.15) is 0 Å². The van der Waals surface area contributed by atoms with E-state index in [1.54, 1.807) is 0 Å².